The van der Waals surface area contributed by atoms with Gasteiger partial charge in [-0.15, -0.1) is 12.4 Å². The fraction of sp³-hybridized carbons (Fsp3) is 0.500. The Morgan fingerprint density at radius 2 is 2.00 bits per heavy atom. The lowest BCUT2D eigenvalue weighted by molar-refractivity contribution is -0.144. The summed E-state index contributed by atoms with van der Waals surface area (Å²) < 4.78 is 5.14. The van der Waals surface area contributed by atoms with Crippen LogP contribution in [0.25, 0.3) is 0 Å². The molecule has 0 aliphatic heterocycles. The minimum Gasteiger partial charge on any atom is -0.466 e. The maximum absolute atomic E-state index is 11.6. The zero-order valence-corrected chi connectivity index (χ0v) is 11.6. The highest BCUT2D eigenvalue weighted by molar-refractivity contribution is 5.85. The van der Waals surface area contributed by atoms with Crippen LogP contribution >= 0.6 is 12.4 Å². The van der Waals surface area contributed by atoms with E-state index in [1.165, 1.54) is 0 Å². The van der Waals surface area contributed by atoms with Gasteiger partial charge in [-0.25, -0.2) is 0 Å². The van der Waals surface area contributed by atoms with E-state index >= 15 is 0 Å². The Balaban J connectivity index is 0.00000289. The fourth-order valence-electron chi connectivity index (χ4n) is 1.65. The maximum Gasteiger partial charge on any atom is 0.306 e. The van der Waals surface area contributed by atoms with E-state index in [1.807, 2.05) is 30.3 Å². The molecule has 0 aromatic heterocycles. The molecule has 0 saturated carbocycles. The molecule has 102 valence electrons. The first-order chi connectivity index (χ1) is 8.27. The molecule has 0 aliphatic carbocycles. The number of benzene rings is 1. The van der Waals surface area contributed by atoms with Crippen molar-refractivity contribution in [1.29, 1.82) is 0 Å². The van der Waals surface area contributed by atoms with Crippen molar-refractivity contribution >= 4 is 18.4 Å². The van der Waals surface area contributed by atoms with E-state index < -0.39 is 0 Å². The van der Waals surface area contributed by atoms with Crippen LogP contribution in [0.3, 0.4) is 0 Å². The number of rotatable bonds is 7. The number of hydrogen-bond donors (Lipinski definition) is 1. The zero-order valence-electron chi connectivity index (χ0n) is 10.8. The van der Waals surface area contributed by atoms with E-state index in [1.54, 1.807) is 0 Å². The Kier molecular flexibility index (Phi) is 9.33. The summed E-state index contributed by atoms with van der Waals surface area (Å²) in [5.41, 5.74) is 6.80. The monoisotopic (exact) mass is 271 g/mol. The number of ether oxygens (including phenoxy) is 1. The average Bonchev–Trinajstić information content (AvgIpc) is 2.37. The molecule has 1 rings (SSSR count). The van der Waals surface area contributed by atoms with Crippen LogP contribution in [0, 0.1) is 0 Å². The number of carbonyl (C=O) groups is 1. The molecule has 0 saturated heterocycles. The van der Waals surface area contributed by atoms with Gasteiger partial charge in [0.15, 0.2) is 0 Å². The van der Waals surface area contributed by atoms with Crippen molar-refractivity contribution in [2.75, 3.05) is 13.2 Å². The van der Waals surface area contributed by atoms with Gasteiger partial charge in [-0.3, -0.25) is 4.79 Å². The van der Waals surface area contributed by atoms with Gasteiger partial charge < -0.3 is 10.5 Å². The van der Waals surface area contributed by atoms with Crippen molar-refractivity contribution < 1.29 is 9.53 Å². The maximum atomic E-state index is 11.6. The standard InChI is InChI=1S/C14H21NO2.ClH/c1-2-3-9-17-14(16)10-13(11-15)12-7-5-4-6-8-12;/h4-8,13H,2-3,9-11,15H2,1H3;1H/t13-;/m0./s1. The Hall–Kier alpha value is -1.06. The summed E-state index contributed by atoms with van der Waals surface area (Å²) in [6, 6.07) is 9.87. The van der Waals surface area contributed by atoms with Crippen LogP contribution in [0.5, 0.6) is 0 Å². The third-order valence-corrected chi connectivity index (χ3v) is 2.73. The van der Waals surface area contributed by atoms with Crippen LogP contribution in [0.1, 0.15) is 37.7 Å². The van der Waals surface area contributed by atoms with Gasteiger partial charge >= 0.3 is 5.97 Å². The van der Waals surface area contributed by atoms with E-state index in [-0.39, 0.29) is 24.3 Å². The van der Waals surface area contributed by atoms with E-state index in [4.69, 9.17) is 10.5 Å². The topological polar surface area (TPSA) is 52.3 Å². The second-order valence-electron chi connectivity index (χ2n) is 4.12. The minimum atomic E-state index is -0.155. The van der Waals surface area contributed by atoms with Gasteiger partial charge in [-0.05, 0) is 18.5 Å². The minimum absolute atomic E-state index is 0. The molecule has 0 spiro atoms. The molecule has 0 aliphatic rings. The Morgan fingerprint density at radius 3 is 2.56 bits per heavy atom. The first-order valence-electron chi connectivity index (χ1n) is 6.18. The largest absolute Gasteiger partial charge is 0.466 e. The van der Waals surface area contributed by atoms with Gasteiger partial charge in [0.25, 0.3) is 0 Å². The molecule has 18 heavy (non-hydrogen) atoms. The first kappa shape index (κ1) is 16.9. The smallest absolute Gasteiger partial charge is 0.306 e. The highest BCUT2D eigenvalue weighted by atomic mass is 35.5. The van der Waals surface area contributed by atoms with Crippen LogP contribution in [-0.4, -0.2) is 19.1 Å². The van der Waals surface area contributed by atoms with E-state index in [9.17, 15) is 4.79 Å². The molecule has 0 fully saturated rings. The van der Waals surface area contributed by atoms with Gasteiger partial charge in [-0.2, -0.15) is 0 Å². The lowest BCUT2D eigenvalue weighted by Crippen LogP contribution is -2.18. The van der Waals surface area contributed by atoms with Gasteiger partial charge in [-0.1, -0.05) is 43.7 Å². The normalized spacial score (nSPS) is 11.4. The Morgan fingerprint density at radius 1 is 1.33 bits per heavy atom. The van der Waals surface area contributed by atoms with E-state index in [0.29, 0.717) is 19.6 Å². The molecular formula is C14H22ClNO2. The molecule has 0 unspecified atom stereocenters. The number of esters is 1. The highest BCUT2D eigenvalue weighted by Gasteiger charge is 2.15. The number of carbonyl (C=O) groups excluding carboxylic acids is 1. The Bertz CT molecular complexity index is 330. The quantitative estimate of drug-likeness (QED) is 0.613. The van der Waals surface area contributed by atoms with Crippen LogP contribution in [0.2, 0.25) is 0 Å². The molecule has 4 heteroatoms. The second kappa shape index (κ2) is 9.92. The van der Waals surface area contributed by atoms with Gasteiger partial charge in [0.1, 0.15) is 0 Å². The van der Waals surface area contributed by atoms with Crippen molar-refractivity contribution in [3.8, 4) is 0 Å². The summed E-state index contributed by atoms with van der Waals surface area (Å²) in [5, 5.41) is 0. The second-order valence-corrected chi connectivity index (χ2v) is 4.12. The Labute approximate surface area is 115 Å². The van der Waals surface area contributed by atoms with Crippen molar-refractivity contribution in [2.45, 2.75) is 32.1 Å². The van der Waals surface area contributed by atoms with E-state index in [2.05, 4.69) is 6.92 Å². The predicted octanol–water partition coefficient (Wildman–Crippen LogP) is 2.88. The zero-order chi connectivity index (χ0) is 12.5. The summed E-state index contributed by atoms with van der Waals surface area (Å²) in [7, 11) is 0. The highest BCUT2D eigenvalue weighted by Crippen LogP contribution is 2.18. The van der Waals surface area contributed by atoms with Gasteiger partial charge in [0.05, 0.1) is 13.0 Å². The van der Waals surface area contributed by atoms with E-state index in [0.717, 1.165) is 18.4 Å². The van der Waals surface area contributed by atoms with Crippen LogP contribution in [-0.2, 0) is 9.53 Å². The number of halogens is 1. The molecule has 1 atom stereocenters. The average molecular weight is 272 g/mol. The molecule has 3 nitrogen and oxygen atoms in total. The third kappa shape index (κ3) is 6.03. The summed E-state index contributed by atoms with van der Waals surface area (Å²) in [4.78, 5) is 11.6. The molecule has 0 bridgehead atoms. The molecule has 0 radical (unpaired) electrons. The summed E-state index contributed by atoms with van der Waals surface area (Å²) in [6.45, 7) is 3.05. The molecule has 0 heterocycles. The first-order valence-corrected chi connectivity index (χ1v) is 6.18. The molecular weight excluding hydrogens is 250 g/mol. The lowest BCUT2D eigenvalue weighted by atomic mass is 9.96. The SMILES string of the molecule is CCCCOC(=O)C[C@@H](CN)c1ccccc1.Cl. The van der Waals surface area contributed by atoms with Gasteiger partial charge in [0.2, 0.25) is 0 Å². The molecule has 1 aromatic rings. The van der Waals surface area contributed by atoms with Crippen LogP contribution in [0.15, 0.2) is 30.3 Å². The number of hydrogen-bond acceptors (Lipinski definition) is 3. The summed E-state index contributed by atoms with van der Waals surface area (Å²) in [5.74, 6) is -0.0944. The van der Waals surface area contributed by atoms with Crippen molar-refractivity contribution in [3.05, 3.63) is 35.9 Å². The van der Waals surface area contributed by atoms with Crippen LogP contribution in [0.4, 0.5) is 0 Å². The molecule has 0 amide bonds. The summed E-state index contributed by atoms with van der Waals surface area (Å²) >= 11 is 0. The third-order valence-electron chi connectivity index (χ3n) is 2.73. The van der Waals surface area contributed by atoms with Crippen molar-refractivity contribution in [1.82, 2.24) is 0 Å². The van der Waals surface area contributed by atoms with Crippen molar-refractivity contribution in [2.24, 2.45) is 5.73 Å². The fourth-order valence-corrected chi connectivity index (χ4v) is 1.65. The van der Waals surface area contributed by atoms with Crippen molar-refractivity contribution in [3.63, 3.8) is 0 Å². The molecule has 2 N–H and O–H groups in total. The number of nitrogens with two attached hydrogens (primary N) is 1. The lowest BCUT2D eigenvalue weighted by Gasteiger charge is -2.14. The summed E-state index contributed by atoms with van der Waals surface area (Å²) in [6.07, 6.45) is 2.32. The van der Waals surface area contributed by atoms with Crippen LogP contribution < -0.4 is 5.73 Å². The van der Waals surface area contributed by atoms with Gasteiger partial charge in [0, 0.05) is 5.92 Å². The predicted molar refractivity (Wildman–Crippen MR) is 76.0 cm³/mol. The molecule has 1 aromatic carbocycles. The number of unbranched alkanes of at least 4 members (excludes halogenated alkanes) is 1.